The van der Waals surface area contributed by atoms with E-state index in [4.69, 9.17) is 9.84 Å². The number of ether oxygens (including phenoxy) is 1. The van der Waals surface area contributed by atoms with Crippen LogP contribution in [-0.2, 0) is 4.79 Å². The van der Waals surface area contributed by atoms with Crippen LogP contribution < -0.4 is 4.74 Å². The molecule has 5 nitrogen and oxygen atoms in total. The molecule has 0 unspecified atom stereocenters. The number of benzene rings is 1. The summed E-state index contributed by atoms with van der Waals surface area (Å²) in [4.78, 5) is 14.9. The highest BCUT2D eigenvalue weighted by Gasteiger charge is 2.26. The summed E-state index contributed by atoms with van der Waals surface area (Å²) in [6, 6.07) is 2.54. The Balaban J connectivity index is 2.38. The minimum absolute atomic E-state index is 0.0507. The number of aliphatic imine (C=N–C) groups is 1. The average Bonchev–Trinajstić information content (AvgIpc) is 2.81. The van der Waals surface area contributed by atoms with Crippen LogP contribution in [0, 0.1) is 6.92 Å². The summed E-state index contributed by atoms with van der Waals surface area (Å²) >= 11 is 1.34. The van der Waals surface area contributed by atoms with Gasteiger partial charge in [0.05, 0.1) is 7.11 Å². The number of rotatable bonds is 3. The number of aryl methyl sites for hydroxylation is 1. The van der Waals surface area contributed by atoms with Gasteiger partial charge in [-0.3, -0.25) is 4.99 Å². The third kappa shape index (κ3) is 2.28. The number of aromatic hydroxyl groups is 1. The van der Waals surface area contributed by atoms with Crippen molar-refractivity contribution >= 4 is 22.8 Å². The zero-order valence-corrected chi connectivity index (χ0v) is 10.8. The maximum Gasteiger partial charge on any atom is 0.329 e. The Morgan fingerprint density at radius 2 is 2.28 bits per heavy atom. The van der Waals surface area contributed by atoms with Crippen LogP contribution in [0.1, 0.15) is 11.1 Å². The van der Waals surface area contributed by atoms with Crippen molar-refractivity contribution in [1.82, 2.24) is 0 Å². The predicted octanol–water partition coefficient (Wildman–Crippen LogP) is 1.66. The summed E-state index contributed by atoms with van der Waals surface area (Å²) in [5.74, 6) is 0.0985. The Kier molecular flexibility index (Phi) is 3.47. The van der Waals surface area contributed by atoms with E-state index in [1.54, 1.807) is 6.07 Å². The number of hydrogen-bond acceptors (Lipinski definition) is 5. The van der Waals surface area contributed by atoms with E-state index in [1.807, 2.05) is 6.92 Å². The molecule has 1 aliphatic rings. The number of aliphatic carboxylic acids is 1. The third-order valence-corrected chi connectivity index (χ3v) is 3.76. The van der Waals surface area contributed by atoms with E-state index < -0.39 is 12.0 Å². The Hall–Kier alpha value is -1.69. The quantitative estimate of drug-likeness (QED) is 0.870. The normalized spacial score (nSPS) is 18.6. The fourth-order valence-electron chi connectivity index (χ4n) is 1.72. The molecule has 1 aromatic carbocycles. The molecule has 2 N–H and O–H groups in total. The van der Waals surface area contributed by atoms with Gasteiger partial charge in [-0.25, -0.2) is 4.79 Å². The van der Waals surface area contributed by atoms with Gasteiger partial charge in [-0.1, -0.05) is 0 Å². The van der Waals surface area contributed by atoms with Crippen LogP contribution in [0.25, 0.3) is 0 Å². The van der Waals surface area contributed by atoms with Crippen molar-refractivity contribution in [3.8, 4) is 11.5 Å². The molecule has 1 aromatic rings. The number of methoxy groups -OCH3 is 1. The number of hydrogen-bond donors (Lipinski definition) is 2. The lowest BCUT2D eigenvalue weighted by atomic mass is 10.1. The Morgan fingerprint density at radius 3 is 2.83 bits per heavy atom. The number of thioether (sulfide) groups is 1. The molecule has 0 fully saturated rings. The molecule has 0 saturated carbocycles. The topological polar surface area (TPSA) is 79.1 Å². The van der Waals surface area contributed by atoms with Crippen LogP contribution in [0.5, 0.6) is 11.5 Å². The van der Waals surface area contributed by atoms with Gasteiger partial charge in [0.25, 0.3) is 0 Å². The van der Waals surface area contributed by atoms with Crippen molar-refractivity contribution in [2.24, 2.45) is 4.99 Å². The second kappa shape index (κ2) is 4.89. The van der Waals surface area contributed by atoms with Gasteiger partial charge in [-0.05, 0) is 18.6 Å². The summed E-state index contributed by atoms with van der Waals surface area (Å²) in [7, 11) is 1.53. The van der Waals surface area contributed by atoms with E-state index in [9.17, 15) is 9.90 Å². The van der Waals surface area contributed by atoms with Crippen molar-refractivity contribution in [3.05, 3.63) is 23.3 Å². The highest BCUT2D eigenvalue weighted by atomic mass is 32.2. The zero-order chi connectivity index (χ0) is 13.3. The molecule has 0 spiro atoms. The first-order chi connectivity index (χ1) is 8.52. The van der Waals surface area contributed by atoms with Crippen molar-refractivity contribution in [3.63, 3.8) is 0 Å². The summed E-state index contributed by atoms with van der Waals surface area (Å²) in [5, 5.41) is 19.4. The number of nitrogens with zero attached hydrogens (tertiary/aromatic N) is 1. The molecule has 18 heavy (non-hydrogen) atoms. The third-order valence-electron chi connectivity index (χ3n) is 2.68. The number of phenols is 1. The largest absolute Gasteiger partial charge is 0.507 e. The molecule has 0 aromatic heterocycles. The molecule has 2 rings (SSSR count). The van der Waals surface area contributed by atoms with Gasteiger partial charge in [0.15, 0.2) is 6.04 Å². The first-order valence-electron chi connectivity index (χ1n) is 5.34. The van der Waals surface area contributed by atoms with Gasteiger partial charge >= 0.3 is 5.97 Å². The van der Waals surface area contributed by atoms with Crippen LogP contribution in [0.4, 0.5) is 0 Å². The van der Waals surface area contributed by atoms with Crippen LogP contribution in [0.15, 0.2) is 17.1 Å². The molecule has 6 heteroatoms. The Labute approximate surface area is 108 Å². The number of phenolic OH excluding ortho intramolecular Hbond substituents is 1. The fourth-order valence-corrected chi connectivity index (χ4v) is 2.77. The smallest absolute Gasteiger partial charge is 0.329 e. The maximum absolute atomic E-state index is 10.8. The van der Waals surface area contributed by atoms with Crippen LogP contribution in [0.2, 0.25) is 0 Å². The number of carbonyl (C=O) groups is 1. The van der Waals surface area contributed by atoms with E-state index in [1.165, 1.54) is 24.9 Å². The van der Waals surface area contributed by atoms with Crippen molar-refractivity contribution in [1.29, 1.82) is 0 Å². The second-order valence-corrected chi connectivity index (χ2v) is 4.95. The van der Waals surface area contributed by atoms with E-state index in [0.717, 1.165) is 5.56 Å². The molecule has 1 atom stereocenters. The van der Waals surface area contributed by atoms with Gasteiger partial charge in [0.2, 0.25) is 0 Å². The van der Waals surface area contributed by atoms with Crippen LogP contribution in [-0.4, -0.2) is 40.1 Å². The summed E-state index contributed by atoms with van der Waals surface area (Å²) in [5.41, 5.74) is 1.43. The van der Waals surface area contributed by atoms with Gasteiger partial charge in [-0.2, -0.15) is 0 Å². The summed E-state index contributed by atoms with van der Waals surface area (Å²) in [6.07, 6.45) is 0. The first kappa shape index (κ1) is 12.8. The predicted molar refractivity (Wildman–Crippen MR) is 69.8 cm³/mol. The van der Waals surface area contributed by atoms with Crippen molar-refractivity contribution in [2.75, 3.05) is 12.9 Å². The molecule has 1 heterocycles. The molecule has 1 aliphatic heterocycles. The standard InChI is InChI=1S/C12H13NO4S/c1-6-3-7(9(14)4-10(6)17-2)11-13-8(5-18-11)12(15)16/h3-4,8,14H,5H2,1-2H3,(H,15,16)/t8-/m0/s1. The van der Waals surface area contributed by atoms with Crippen molar-refractivity contribution in [2.45, 2.75) is 13.0 Å². The molecular weight excluding hydrogens is 254 g/mol. The first-order valence-corrected chi connectivity index (χ1v) is 6.33. The average molecular weight is 267 g/mol. The molecule has 0 radical (unpaired) electrons. The summed E-state index contributed by atoms with van der Waals surface area (Å²) in [6.45, 7) is 1.86. The SMILES string of the molecule is COc1cc(O)c(C2=N[C@H](C(=O)O)CS2)cc1C. The minimum atomic E-state index is -0.942. The monoisotopic (exact) mass is 267 g/mol. The summed E-state index contributed by atoms with van der Waals surface area (Å²) < 4.78 is 5.10. The van der Waals surface area contributed by atoms with E-state index in [0.29, 0.717) is 22.1 Å². The van der Waals surface area contributed by atoms with Gasteiger partial charge in [0.1, 0.15) is 16.5 Å². The molecule has 96 valence electrons. The number of carboxylic acid groups (broad SMARTS) is 1. The molecule has 0 saturated heterocycles. The Bertz CT molecular complexity index is 527. The highest BCUT2D eigenvalue weighted by Crippen LogP contribution is 2.33. The van der Waals surface area contributed by atoms with Crippen LogP contribution >= 0.6 is 11.8 Å². The molecular formula is C12H13NO4S. The van der Waals surface area contributed by atoms with Gasteiger partial charge in [-0.15, -0.1) is 11.8 Å². The van der Waals surface area contributed by atoms with Crippen molar-refractivity contribution < 1.29 is 19.7 Å². The van der Waals surface area contributed by atoms with E-state index in [-0.39, 0.29) is 5.75 Å². The molecule has 0 amide bonds. The lowest BCUT2D eigenvalue weighted by molar-refractivity contribution is -0.137. The molecule has 0 aliphatic carbocycles. The maximum atomic E-state index is 10.8. The van der Waals surface area contributed by atoms with Gasteiger partial charge in [0, 0.05) is 17.4 Å². The second-order valence-electron chi connectivity index (χ2n) is 3.94. The fraction of sp³-hybridized carbons (Fsp3) is 0.333. The van der Waals surface area contributed by atoms with Gasteiger partial charge < -0.3 is 14.9 Å². The highest BCUT2D eigenvalue weighted by molar-refractivity contribution is 8.14. The van der Waals surface area contributed by atoms with Crippen LogP contribution in [0.3, 0.4) is 0 Å². The zero-order valence-electron chi connectivity index (χ0n) is 10.0. The lowest BCUT2D eigenvalue weighted by Crippen LogP contribution is -2.17. The molecule has 0 bridgehead atoms. The Morgan fingerprint density at radius 1 is 1.56 bits per heavy atom. The van der Waals surface area contributed by atoms with E-state index >= 15 is 0 Å². The number of carboxylic acids is 1. The van der Waals surface area contributed by atoms with E-state index in [2.05, 4.69) is 4.99 Å². The lowest BCUT2D eigenvalue weighted by Gasteiger charge is -2.09. The minimum Gasteiger partial charge on any atom is -0.507 e.